The molecule has 2 rings (SSSR count). The summed E-state index contributed by atoms with van der Waals surface area (Å²) in [6.07, 6.45) is 0. The first-order chi connectivity index (χ1) is 9.19. The number of carbonyl (C=O) groups is 1. The fraction of sp³-hybridized carbons (Fsp3) is 0.385. The van der Waals surface area contributed by atoms with Crippen molar-refractivity contribution >= 4 is 27.5 Å². The quantitative estimate of drug-likeness (QED) is 0.838. The topological polar surface area (TPSA) is 62.7 Å². The van der Waals surface area contributed by atoms with Gasteiger partial charge in [-0.15, -0.1) is 11.3 Å². The molecule has 0 unspecified atom stereocenters. The molecule has 0 aliphatic carbocycles. The molecule has 0 fully saturated rings. The van der Waals surface area contributed by atoms with Gasteiger partial charge < -0.3 is 9.84 Å². The van der Waals surface area contributed by atoms with Crippen LogP contribution in [0.2, 0.25) is 0 Å². The minimum atomic E-state index is -0.836. The van der Waals surface area contributed by atoms with E-state index in [0.29, 0.717) is 19.7 Å². The molecule has 0 atom stereocenters. The van der Waals surface area contributed by atoms with Crippen molar-refractivity contribution in [3.63, 3.8) is 0 Å². The first-order valence-electron chi connectivity index (χ1n) is 5.96. The van der Waals surface area contributed by atoms with Gasteiger partial charge in [-0.25, -0.2) is 4.98 Å². The molecule has 6 heteroatoms. The third kappa shape index (κ3) is 3.99. The Bertz CT molecular complexity index is 523. The summed E-state index contributed by atoms with van der Waals surface area (Å²) in [5, 5.41) is 9.83. The van der Waals surface area contributed by atoms with E-state index in [1.165, 1.54) is 0 Å². The molecule has 1 heterocycles. The Kier molecular flexibility index (Phi) is 4.84. The first-order valence-corrected chi connectivity index (χ1v) is 6.78. The number of hydrogen-bond donors (Lipinski definition) is 1. The minimum Gasteiger partial charge on any atom is -0.480 e. The maximum absolute atomic E-state index is 10.8. The molecule has 2 aromatic rings. The van der Waals surface area contributed by atoms with E-state index in [4.69, 9.17) is 9.84 Å². The normalized spacial score (nSPS) is 11.3. The van der Waals surface area contributed by atoms with E-state index in [1.807, 2.05) is 29.2 Å². The lowest BCUT2D eigenvalue weighted by Gasteiger charge is -2.17. The van der Waals surface area contributed by atoms with E-state index < -0.39 is 5.97 Å². The fourth-order valence-electron chi connectivity index (χ4n) is 1.80. The molecule has 1 aromatic heterocycles. The summed E-state index contributed by atoms with van der Waals surface area (Å²) < 4.78 is 6.12. The van der Waals surface area contributed by atoms with Crippen LogP contribution in [0.15, 0.2) is 24.3 Å². The second-order valence-electron chi connectivity index (χ2n) is 4.17. The molecule has 5 nitrogen and oxygen atoms in total. The van der Waals surface area contributed by atoms with Gasteiger partial charge in [-0.2, -0.15) is 0 Å². The number of hydrogen-bond acceptors (Lipinski definition) is 5. The van der Waals surface area contributed by atoms with Crippen LogP contribution in [0.1, 0.15) is 5.01 Å². The molecule has 102 valence electrons. The summed E-state index contributed by atoms with van der Waals surface area (Å²) in [7, 11) is 1.61. The Hall–Kier alpha value is -1.50. The molecular formula is C13H16N2O3S. The monoisotopic (exact) mass is 280 g/mol. The predicted molar refractivity (Wildman–Crippen MR) is 74.4 cm³/mol. The fourth-order valence-corrected chi connectivity index (χ4v) is 2.81. The zero-order valence-electron chi connectivity index (χ0n) is 10.7. The average molecular weight is 280 g/mol. The van der Waals surface area contributed by atoms with E-state index >= 15 is 0 Å². The van der Waals surface area contributed by atoms with Crippen LogP contribution >= 0.6 is 11.3 Å². The van der Waals surface area contributed by atoms with Crippen molar-refractivity contribution in [2.75, 3.05) is 26.8 Å². The highest BCUT2D eigenvalue weighted by molar-refractivity contribution is 7.18. The van der Waals surface area contributed by atoms with Crippen molar-refractivity contribution in [1.29, 1.82) is 0 Å². The number of aliphatic carboxylic acids is 1. The largest absolute Gasteiger partial charge is 0.480 e. The maximum atomic E-state index is 10.8. The van der Waals surface area contributed by atoms with Crippen molar-refractivity contribution in [3.05, 3.63) is 29.3 Å². The van der Waals surface area contributed by atoms with Crippen LogP contribution in [0.4, 0.5) is 0 Å². The van der Waals surface area contributed by atoms with Gasteiger partial charge in [0.2, 0.25) is 0 Å². The third-order valence-corrected chi connectivity index (χ3v) is 3.69. The number of ether oxygens (including phenoxy) is 1. The number of methoxy groups -OCH3 is 1. The summed E-state index contributed by atoms with van der Waals surface area (Å²) in [6, 6.07) is 7.91. The van der Waals surface area contributed by atoms with Crippen LogP contribution in [0.3, 0.4) is 0 Å². The van der Waals surface area contributed by atoms with Crippen LogP contribution in [0, 0.1) is 0 Å². The molecular weight excluding hydrogens is 264 g/mol. The molecule has 0 saturated heterocycles. The third-order valence-electron chi connectivity index (χ3n) is 2.67. The van der Waals surface area contributed by atoms with E-state index in [1.54, 1.807) is 18.4 Å². The lowest BCUT2D eigenvalue weighted by Crippen LogP contribution is -2.32. The van der Waals surface area contributed by atoms with Gasteiger partial charge in [0, 0.05) is 13.7 Å². The van der Waals surface area contributed by atoms with Gasteiger partial charge in [-0.3, -0.25) is 9.69 Å². The van der Waals surface area contributed by atoms with Crippen LogP contribution in [0.25, 0.3) is 10.2 Å². The van der Waals surface area contributed by atoms with Crippen LogP contribution in [-0.4, -0.2) is 47.8 Å². The summed E-state index contributed by atoms with van der Waals surface area (Å²) >= 11 is 1.60. The van der Waals surface area contributed by atoms with E-state index in [2.05, 4.69) is 4.98 Å². The summed E-state index contributed by atoms with van der Waals surface area (Å²) in [6.45, 7) is 1.63. The summed E-state index contributed by atoms with van der Waals surface area (Å²) in [4.78, 5) is 17.2. The second-order valence-corrected chi connectivity index (χ2v) is 5.29. The predicted octanol–water partition coefficient (Wildman–Crippen LogP) is 1.83. The number of fused-ring (bicyclic) bond motifs is 1. The SMILES string of the molecule is COCCN(CC(=O)O)Cc1nc2ccccc2s1. The molecule has 0 amide bonds. The van der Waals surface area contributed by atoms with Crippen LogP contribution in [-0.2, 0) is 16.1 Å². The van der Waals surface area contributed by atoms with Crippen LogP contribution in [0.5, 0.6) is 0 Å². The van der Waals surface area contributed by atoms with Crippen molar-refractivity contribution in [2.24, 2.45) is 0 Å². The number of nitrogens with zero attached hydrogens (tertiary/aromatic N) is 2. The highest BCUT2D eigenvalue weighted by Gasteiger charge is 2.12. The van der Waals surface area contributed by atoms with Gasteiger partial charge in [0.25, 0.3) is 0 Å². The average Bonchev–Trinajstić information content (AvgIpc) is 2.77. The zero-order chi connectivity index (χ0) is 13.7. The molecule has 0 aliphatic heterocycles. The number of para-hydroxylation sites is 1. The molecule has 0 aliphatic rings. The number of carboxylic acid groups (broad SMARTS) is 1. The zero-order valence-corrected chi connectivity index (χ0v) is 11.5. The first kappa shape index (κ1) is 13.9. The van der Waals surface area contributed by atoms with Gasteiger partial charge in [0.1, 0.15) is 5.01 Å². The van der Waals surface area contributed by atoms with Gasteiger partial charge in [-0.1, -0.05) is 12.1 Å². The Morgan fingerprint density at radius 3 is 2.95 bits per heavy atom. The number of rotatable bonds is 7. The van der Waals surface area contributed by atoms with Crippen molar-refractivity contribution in [2.45, 2.75) is 6.54 Å². The van der Waals surface area contributed by atoms with E-state index in [9.17, 15) is 4.79 Å². The van der Waals surface area contributed by atoms with Gasteiger partial charge >= 0.3 is 5.97 Å². The molecule has 1 N–H and O–H groups in total. The Morgan fingerprint density at radius 2 is 2.26 bits per heavy atom. The molecule has 0 spiro atoms. The lowest BCUT2D eigenvalue weighted by molar-refractivity contribution is -0.138. The summed E-state index contributed by atoms with van der Waals surface area (Å²) in [5.74, 6) is -0.836. The number of carboxylic acids is 1. The van der Waals surface area contributed by atoms with E-state index in [0.717, 1.165) is 15.2 Å². The molecule has 0 saturated carbocycles. The lowest BCUT2D eigenvalue weighted by atomic mass is 10.3. The molecule has 0 bridgehead atoms. The molecule has 1 aromatic carbocycles. The second kappa shape index (κ2) is 6.60. The molecule has 19 heavy (non-hydrogen) atoms. The van der Waals surface area contributed by atoms with Gasteiger partial charge in [0.05, 0.1) is 29.9 Å². The van der Waals surface area contributed by atoms with E-state index in [-0.39, 0.29) is 6.54 Å². The Morgan fingerprint density at radius 1 is 1.47 bits per heavy atom. The number of thiazole rings is 1. The minimum absolute atomic E-state index is 0.000709. The molecule has 0 radical (unpaired) electrons. The summed E-state index contributed by atoms with van der Waals surface area (Å²) in [5.41, 5.74) is 0.963. The smallest absolute Gasteiger partial charge is 0.317 e. The number of aromatic nitrogens is 1. The highest BCUT2D eigenvalue weighted by atomic mass is 32.1. The van der Waals surface area contributed by atoms with Crippen molar-refractivity contribution in [1.82, 2.24) is 9.88 Å². The van der Waals surface area contributed by atoms with Gasteiger partial charge in [0.15, 0.2) is 0 Å². The Balaban J connectivity index is 2.08. The van der Waals surface area contributed by atoms with Gasteiger partial charge in [-0.05, 0) is 12.1 Å². The Labute approximate surface area is 115 Å². The highest BCUT2D eigenvalue weighted by Crippen LogP contribution is 2.22. The number of benzene rings is 1. The van der Waals surface area contributed by atoms with Crippen molar-refractivity contribution in [3.8, 4) is 0 Å². The maximum Gasteiger partial charge on any atom is 0.317 e. The van der Waals surface area contributed by atoms with Crippen LogP contribution < -0.4 is 0 Å². The van der Waals surface area contributed by atoms with Crippen molar-refractivity contribution < 1.29 is 14.6 Å². The standard InChI is InChI=1S/C13H16N2O3S/c1-18-7-6-15(9-13(16)17)8-12-14-10-4-2-3-5-11(10)19-12/h2-5H,6-9H2,1H3,(H,16,17).